The Morgan fingerprint density at radius 1 is 1.17 bits per heavy atom. The highest BCUT2D eigenvalue weighted by Gasteiger charge is 2.23. The van der Waals surface area contributed by atoms with Gasteiger partial charge in [-0.05, 0) is 32.4 Å². The van der Waals surface area contributed by atoms with Crippen LogP contribution in [-0.4, -0.2) is 27.5 Å². The van der Waals surface area contributed by atoms with Crippen LogP contribution in [0.1, 0.15) is 31.9 Å². The van der Waals surface area contributed by atoms with E-state index >= 15 is 0 Å². The Labute approximate surface area is 140 Å². The van der Waals surface area contributed by atoms with Crippen molar-refractivity contribution < 1.29 is 19.1 Å². The third-order valence-corrected chi connectivity index (χ3v) is 2.91. The number of benzene rings is 1. The summed E-state index contributed by atoms with van der Waals surface area (Å²) < 4.78 is 11.5. The summed E-state index contributed by atoms with van der Waals surface area (Å²) in [5.74, 6) is -0.778. The first-order chi connectivity index (χ1) is 11.2. The fourth-order valence-corrected chi connectivity index (χ4v) is 1.96. The van der Waals surface area contributed by atoms with Gasteiger partial charge in [-0.2, -0.15) is 5.10 Å². The molecular weight excluding hydrogens is 308 g/mol. The molecule has 0 N–H and O–H groups in total. The predicted octanol–water partition coefficient (Wildman–Crippen LogP) is 3.44. The second kappa shape index (κ2) is 7.12. The molecular formula is C18H20N2O4. The van der Waals surface area contributed by atoms with Gasteiger partial charge in [0.25, 0.3) is 0 Å². The van der Waals surface area contributed by atoms with Crippen molar-refractivity contribution in [2.75, 3.05) is 0 Å². The van der Waals surface area contributed by atoms with Gasteiger partial charge in [0.15, 0.2) is 0 Å². The average molecular weight is 328 g/mol. The molecule has 6 nitrogen and oxygen atoms in total. The van der Waals surface area contributed by atoms with Gasteiger partial charge < -0.3 is 9.47 Å². The van der Waals surface area contributed by atoms with E-state index in [-0.39, 0.29) is 5.57 Å². The molecule has 0 fully saturated rings. The van der Waals surface area contributed by atoms with Crippen LogP contribution in [0.4, 0.5) is 4.79 Å². The minimum atomic E-state index is -1.03. The molecule has 6 heteroatoms. The van der Waals surface area contributed by atoms with Gasteiger partial charge in [0.05, 0.1) is 11.8 Å². The minimum Gasteiger partial charge on any atom is -0.428 e. The van der Waals surface area contributed by atoms with Crippen molar-refractivity contribution in [2.24, 2.45) is 7.05 Å². The zero-order chi connectivity index (χ0) is 17.7. The van der Waals surface area contributed by atoms with Gasteiger partial charge in [-0.15, -0.1) is 0 Å². The van der Waals surface area contributed by atoms with Gasteiger partial charge in [0.2, 0.25) is 0 Å². The number of ether oxygens (including phenoxy) is 2. The first-order valence-corrected chi connectivity index (χ1v) is 7.45. The molecule has 0 bridgehead atoms. The van der Waals surface area contributed by atoms with E-state index < -0.39 is 17.7 Å². The number of carbonyl (C=O) groups excluding carboxylic acids is 2. The zero-order valence-corrected chi connectivity index (χ0v) is 14.1. The van der Waals surface area contributed by atoms with E-state index in [1.807, 2.05) is 6.07 Å². The highest BCUT2D eigenvalue weighted by molar-refractivity contribution is 6.23. The molecule has 126 valence electrons. The number of esters is 1. The van der Waals surface area contributed by atoms with Crippen molar-refractivity contribution in [1.29, 1.82) is 0 Å². The van der Waals surface area contributed by atoms with Crippen LogP contribution in [-0.2, 0) is 21.3 Å². The van der Waals surface area contributed by atoms with Crippen molar-refractivity contribution in [3.05, 3.63) is 53.9 Å². The summed E-state index contributed by atoms with van der Waals surface area (Å²) in [6.45, 7) is 5.09. The first kappa shape index (κ1) is 17.5. The molecule has 0 amide bonds. The summed E-state index contributed by atoms with van der Waals surface area (Å²) in [6.07, 6.45) is 3.96. The van der Waals surface area contributed by atoms with Crippen LogP contribution in [0.5, 0.6) is 0 Å². The number of aryl methyl sites for hydroxylation is 1. The van der Waals surface area contributed by atoms with Gasteiger partial charge in [-0.3, -0.25) is 4.68 Å². The Balaban J connectivity index is 2.28. The number of hydrogen-bond acceptors (Lipinski definition) is 5. The average Bonchev–Trinajstić information content (AvgIpc) is 2.89. The third-order valence-electron chi connectivity index (χ3n) is 2.91. The molecule has 1 aromatic heterocycles. The molecule has 0 saturated heterocycles. The zero-order valence-electron chi connectivity index (χ0n) is 14.1. The Morgan fingerprint density at radius 2 is 1.83 bits per heavy atom. The molecule has 0 aliphatic heterocycles. The predicted molar refractivity (Wildman–Crippen MR) is 89.8 cm³/mol. The number of carbonyl (C=O) groups is 2. The maximum atomic E-state index is 12.4. The Hall–Kier alpha value is -2.89. The monoisotopic (exact) mass is 328 g/mol. The quantitative estimate of drug-likeness (QED) is 0.490. The highest BCUT2D eigenvalue weighted by Crippen LogP contribution is 2.20. The Kier molecular flexibility index (Phi) is 5.18. The lowest BCUT2D eigenvalue weighted by Gasteiger charge is -2.18. The summed E-state index contributed by atoms with van der Waals surface area (Å²) in [5, 5.41) is 4.06. The van der Waals surface area contributed by atoms with Gasteiger partial charge in [0, 0.05) is 18.8 Å². The van der Waals surface area contributed by atoms with Gasteiger partial charge in [0.1, 0.15) is 5.60 Å². The van der Waals surface area contributed by atoms with Crippen molar-refractivity contribution in [3.8, 4) is 0 Å². The van der Waals surface area contributed by atoms with E-state index in [1.165, 1.54) is 0 Å². The minimum absolute atomic E-state index is 0.245. The molecule has 0 atom stereocenters. The standard InChI is InChI=1S/C18H20N2O4/c1-18(2,3)24-17(22)23-16(21)15(14-8-6-5-7-9-14)10-13-11-19-20(4)12-13/h5-12H,1-4H3/b15-10-. The second-order valence-corrected chi connectivity index (χ2v) is 6.23. The summed E-state index contributed by atoms with van der Waals surface area (Å²) in [4.78, 5) is 24.2. The van der Waals surface area contributed by atoms with Gasteiger partial charge in [-0.1, -0.05) is 30.3 Å². The van der Waals surface area contributed by atoms with E-state index in [1.54, 1.807) is 75.2 Å². The summed E-state index contributed by atoms with van der Waals surface area (Å²) in [6, 6.07) is 8.96. The molecule has 0 spiro atoms. The molecule has 0 aliphatic carbocycles. The van der Waals surface area contributed by atoms with E-state index in [4.69, 9.17) is 9.47 Å². The topological polar surface area (TPSA) is 70.4 Å². The van der Waals surface area contributed by atoms with E-state index in [9.17, 15) is 9.59 Å². The third kappa shape index (κ3) is 5.08. The molecule has 1 aromatic carbocycles. The normalized spacial score (nSPS) is 11.9. The number of rotatable bonds is 3. The highest BCUT2D eigenvalue weighted by atomic mass is 16.7. The van der Waals surface area contributed by atoms with Gasteiger partial charge in [-0.25, -0.2) is 9.59 Å². The van der Waals surface area contributed by atoms with E-state index in [0.29, 0.717) is 5.56 Å². The lowest BCUT2D eigenvalue weighted by atomic mass is 10.0. The summed E-state index contributed by atoms with van der Waals surface area (Å²) in [5.41, 5.74) is 0.860. The van der Waals surface area contributed by atoms with E-state index in [0.717, 1.165) is 5.56 Å². The first-order valence-electron chi connectivity index (χ1n) is 7.45. The second-order valence-electron chi connectivity index (χ2n) is 6.23. The van der Waals surface area contributed by atoms with Gasteiger partial charge >= 0.3 is 12.1 Å². The lowest BCUT2D eigenvalue weighted by molar-refractivity contribution is -0.134. The van der Waals surface area contributed by atoms with Crippen molar-refractivity contribution >= 4 is 23.8 Å². The summed E-state index contributed by atoms with van der Waals surface area (Å²) in [7, 11) is 1.78. The number of nitrogens with zero attached hydrogens (tertiary/aromatic N) is 2. The number of hydrogen-bond donors (Lipinski definition) is 0. The maximum absolute atomic E-state index is 12.4. The van der Waals surface area contributed by atoms with Crippen LogP contribution < -0.4 is 0 Å². The number of aromatic nitrogens is 2. The van der Waals surface area contributed by atoms with Crippen LogP contribution in [0.15, 0.2) is 42.7 Å². The largest absolute Gasteiger partial charge is 0.516 e. The molecule has 2 rings (SSSR count). The van der Waals surface area contributed by atoms with Crippen LogP contribution in [0.2, 0.25) is 0 Å². The molecule has 2 aromatic rings. The van der Waals surface area contributed by atoms with Crippen LogP contribution in [0.3, 0.4) is 0 Å². The van der Waals surface area contributed by atoms with Crippen LogP contribution in [0, 0.1) is 0 Å². The molecule has 0 unspecified atom stereocenters. The van der Waals surface area contributed by atoms with E-state index in [2.05, 4.69) is 5.10 Å². The molecule has 24 heavy (non-hydrogen) atoms. The van der Waals surface area contributed by atoms with Crippen molar-refractivity contribution in [1.82, 2.24) is 9.78 Å². The van der Waals surface area contributed by atoms with Crippen LogP contribution >= 0.6 is 0 Å². The SMILES string of the molecule is Cn1cc(/C=C(\C(=O)OC(=O)OC(C)(C)C)c2ccccc2)cn1. The van der Waals surface area contributed by atoms with Crippen LogP contribution in [0.25, 0.3) is 11.6 Å². The Morgan fingerprint density at radius 3 is 2.38 bits per heavy atom. The van der Waals surface area contributed by atoms with Crippen molar-refractivity contribution in [3.63, 3.8) is 0 Å². The fraction of sp³-hybridized carbons (Fsp3) is 0.278. The smallest absolute Gasteiger partial charge is 0.428 e. The molecule has 0 aliphatic rings. The maximum Gasteiger partial charge on any atom is 0.516 e. The lowest BCUT2D eigenvalue weighted by Crippen LogP contribution is -2.26. The Bertz CT molecular complexity index is 755. The van der Waals surface area contributed by atoms with Crippen molar-refractivity contribution in [2.45, 2.75) is 26.4 Å². The fourth-order valence-electron chi connectivity index (χ4n) is 1.96. The molecule has 0 saturated carbocycles. The summed E-state index contributed by atoms with van der Waals surface area (Å²) >= 11 is 0. The molecule has 1 heterocycles. The molecule has 0 radical (unpaired) electrons.